The van der Waals surface area contributed by atoms with Gasteiger partial charge in [-0.1, -0.05) is 52.9 Å². The van der Waals surface area contributed by atoms with Crippen molar-refractivity contribution < 1.29 is 15.0 Å². The average Bonchev–Trinajstić information content (AvgIpc) is 2.17. The second-order valence-corrected chi connectivity index (χ2v) is 5.43. The van der Waals surface area contributed by atoms with Crippen LogP contribution in [0.2, 0.25) is 0 Å². The fourth-order valence-electron chi connectivity index (χ4n) is 1.07. The van der Waals surface area contributed by atoms with Crippen molar-refractivity contribution in [2.45, 2.75) is 16.4 Å². The van der Waals surface area contributed by atoms with Crippen LogP contribution in [0, 0.1) is 0 Å². The van der Waals surface area contributed by atoms with Crippen LogP contribution >= 0.6 is 22.6 Å². The van der Waals surface area contributed by atoms with Crippen molar-refractivity contribution in [3.8, 4) is 0 Å². The minimum absolute atomic E-state index is 0.617. The molecule has 0 fully saturated rings. The van der Waals surface area contributed by atoms with Gasteiger partial charge >= 0.3 is 5.97 Å². The van der Waals surface area contributed by atoms with Crippen LogP contribution in [0.3, 0.4) is 0 Å². The molecule has 1 aromatic carbocycles. The van der Waals surface area contributed by atoms with E-state index in [-0.39, 0.29) is 0 Å². The molecular formula is C10H11IO3. The smallest absolute Gasteiger partial charge is 0.322 e. The quantitative estimate of drug-likeness (QED) is 0.663. The van der Waals surface area contributed by atoms with Gasteiger partial charge < -0.3 is 10.2 Å². The van der Waals surface area contributed by atoms with Gasteiger partial charge in [-0.05, 0) is 12.5 Å². The molecule has 0 aromatic heterocycles. The van der Waals surface area contributed by atoms with E-state index in [1.54, 1.807) is 46.9 Å². The molecule has 1 rings (SSSR count). The molecule has 76 valence electrons. The number of benzene rings is 1. The Bertz CT molecular complexity index is 321. The highest BCUT2D eigenvalue weighted by molar-refractivity contribution is 14.1. The van der Waals surface area contributed by atoms with E-state index < -0.39 is 15.5 Å². The number of aliphatic hydroxyl groups excluding tert-OH is 1. The molecule has 0 amide bonds. The van der Waals surface area contributed by atoms with Crippen LogP contribution in [0.25, 0.3) is 0 Å². The Labute approximate surface area is 95.9 Å². The van der Waals surface area contributed by atoms with Crippen LogP contribution in [-0.2, 0) is 4.79 Å². The monoisotopic (exact) mass is 306 g/mol. The summed E-state index contributed by atoms with van der Waals surface area (Å²) in [5.41, 5.74) is 0.617. The molecule has 0 spiro atoms. The largest absolute Gasteiger partial charge is 0.480 e. The topological polar surface area (TPSA) is 57.5 Å². The van der Waals surface area contributed by atoms with Gasteiger partial charge in [0.2, 0.25) is 0 Å². The second kappa shape index (κ2) is 4.27. The zero-order valence-corrected chi connectivity index (χ0v) is 9.80. The first kappa shape index (κ1) is 11.5. The van der Waals surface area contributed by atoms with Crippen LogP contribution in [0.5, 0.6) is 0 Å². The van der Waals surface area contributed by atoms with Gasteiger partial charge in [0.05, 0.1) is 0 Å². The molecule has 0 aliphatic heterocycles. The standard InChI is InChI=1S/C10H11IO3/c1-10(11,9(13)14)8(12)7-5-3-2-4-6-7/h2-6,8,12H,1H3,(H,13,14)/t8-,10-/m1/s1. The zero-order valence-electron chi connectivity index (χ0n) is 7.64. The Morgan fingerprint density at radius 1 is 1.43 bits per heavy atom. The highest BCUT2D eigenvalue weighted by Gasteiger charge is 2.38. The SMILES string of the molecule is C[C@](I)(C(=O)O)[C@H](O)c1ccccc1. The molecule has 4 heteroatoms. The van der Waals surface area contributed by atoms with Gasteiger partial charge in [-0.2, -0.15) is 0 Å². The lowest BCUT2D eigenvalue weighted by Crippen LogP contribution is -2.35. The second-order valence-electron chi connectivity index (χ2n) is 3.19. The fourth-order valence-corrected chi connectivity index (χ4v) is 1.42. The lowest BCUT2D eigenvalue weighted by Gasteiger charge is -2.24. The normalized spacial score (nSPS) is 17.1. The van der Waals surface area contributed by atoms with Gasteiger partial charge in [0.25, 0.3) is 0 Å². The van der Waals surface area contributed by atoms with Crippen LogP contribution < -0.4 is 0 Å². The summed E-state index contributed by atoms with van der Waals surface area (Å²) in [6.07, 6.45) is -0.998. The Balaban J connectivity index is 2.96. The highest BCUT2D eigenvalue weighted by atomic mass is 127. The molecule has 14 heavy (non-hydrogen) atoms. The Hall–Kier alpha value is -0.620. The summed E-state index contributed by atoms with van der Waals surface area (Å²) in [5.74, 6) is -1.02. The third-order valence-electron chi connectivity index (χ3n) is 2.05. The number of halogens is 1. The van der Waals surface area contributed by atoms with Crippen molar-refractivity contribution in [1.29, 1.82) is 0 Å². The number of alkyl halides is 1. The Kier molecular flexibility index (Phi) is 3.49. The van der Waals surface area contributed by atoms with E-state index in [1.807, 2.05) is 6.07 Å². The van der Waals surface area contributed by atoms with Crippen LogP contribution in [-0.4, -0.2) is 19.6 Å². The number of carboxylic acid groups (broad SMARTS) is 1. The van der Waals surface area contributed by atoms with Crippen molar-refractivity contribution in [3.05, 3.63) is 35.9 Å². The number of hydrogen-bond acceptors (Lipinski definition) is 2. The summed E-state index contributed by atoms with van der Waals surface area (Å²) < 4.78 is -1.20. The molecule has 2 atom stereocenters. The summed E-state index contributed by atoms with van der Waals surface area (Å²) in [6, 6.07) is 8.79. The Morgan fingerprint density at radius 3 is 2.36 bits per heavy atom. The number of aliphatic hydroxyl groups is 1. The minimum Gasteiger partial charge on any atom is -0.480 e. The third kappa shape index (κ3) is 2.24. The fraction of sp³-hybridized carbons (Fsp3) is 0.300. The summed E-state index contributed by atoms with van der Waals surface area (Å²) in [4.78, 5) is 10.9. The van der Waals surface area contributed by atoms with Crippen molar-refractivity contribution >= 4 is 28.6 Å². The number of carbonyl (C=O) groups is 1. The van der Waals surface area contributed by atoms with Gasteiger partial charge in [-0.25, -0.2) is 0 Å². The molecule has 2 N–H and O–H groups in total. The van der Waals surface area contributed by atoms with E-state index in [0.717, 1.165) is 0 Å². The number of aliphatic carboxylic acids is 1. The molecule has 1 aromatic rings. The Morgan fingerprint density at radius 2 is 1.93 bits per heavy atom. The molecule has 0 unspecified atom stereocenters. The number of carboxylic acids is 1. The molecule has 0 saturated heterocycles. The van der Waals surface area contributed by atoms with Crippen LogP contribution in [0.4, 0.5) is 0 Å². The first-order valence-electron chi connectivity index (χ1n) is 4.11. The maximum absolute atomic E-state index is 10.9. The van der Waals surface area contributed by atoms with Crippen LogP contribution in [0.1, 0.15) is 18.6 Å². The number of rotatable bonds is 3. The van der Waals surface area contributed by atoms with E-state index >= 15 is 0 Å². The predicted molar refractivity (Wildman–Crippen MR) is 61.5 cm³/mol. The van der Waals surface area contributed by atoms with Gasteiger partial charge in [0, 0.05) is 0 Å². The molecule has 0 radical (unpaired) electrons. The van der Waals surface area contributed by atoms with Crippen LogP contribution in [0.15, 0.2) is 30.3 Å². The summed E-state index contributed by atoms with van der Waals surface area (Å²) >= 11 is 1.75. The van der Waals surface area contributed by atoms with Gasteiger partial charge in [-0.3, -0.25) is 4.79 Å². The minimum atomic E-state index is -1.20. The van der Waals surface area contributed by atoms with Crippen molar-refractivity contribution in [3.63, 3.8) is 0 Å². The molecule has 0 bridgehead atoms. The maximum Gasteiger partial charge on any atom is 0.322 e. The molecule has 0 saturated carbocycles. The summed E-state index contributed by atoms with van der Waals surface area (Å²) in [7, 11) is 0. The van der Waals surface area contributed by atoms with E-state index in [9.17, 15) is 9.90 Å². The van der Waals surface area contributed by atoms with Gasteiger partial charge in [0.15, 0.2) is 0 Å². The van der Waals surface area contributed by atoms with E-state index in [2.05, 4.69) is 0 Å². The molecular weight excluding hydrogens is 295 g/mol. The first-order valence-corrected chi connectivity index (χ1v) is 5.19. The summed E-state index contributed by atoms with van der Waals surface area (Å²) in [5, 5.41) is 18.7. The first-order chi connectivity index (χ1) is 6.46. The van der Waals surface area contributed by atoms with Gasteiger partial charge in [0.1, 0.15) is 9.53 Å². The number of hydrogen-bond donors (Lipinski definition) is 2. The van der Waals surface area contributed by atoms with Gasteiger partial charge in [-0.15, -0.1) is 0 Å². The molecule has 0 heterocycles. The molecule has 0 aliphatic rings. The van der Waals surface area contributed by atoms with E-state index in [1.165, 1.54) is 6.92 Å². The maximum atomic E-state index is 10.9. The molecule has 3 nitrogen and oxygen atoms in total. The molecule has 0 aliphatic carbocycles. The highest BCUT2D eigenvalue weighted by Crippen LogP contribution is 2.33. The van der Waals surface area contributed by atoms with Crippen molar-refractivity contribution in [1.82, 2.24) is 0 Å². The third-order valence-corrected chi connectivity index (χ3v) is 3.10. The lowest BCUT2D eigenvalue weighted by molar-refractivity contribution is -0.141. The average molecular weight is 306 g/mol. The lowest BCUT2D eigenvalue weighted by atomic mass is 9.98. The van der Waals surface area contributed by atoms with Crippen molar-refractivity contribution in [2.75, 3.05) is 0 Å². The zero-order chi connectivity index (χ0) is 10.8. The summed E-state index contributed by atoms with van der Waals surface area (Å²) in [6.45, 7) is 1.49. The predicted octanol–water partition coefficient (Wildman–Crippen LogP) is 2.00. The van der Waals surface area contributed by atoms with E-state index in [0.29, 0.717) is 5.56 Å². The van der Waals surface area contributed by atoms with E-state index in [4.69, 9.17) is 5.11 Å². The van der Waals surface area contributed by atoms with Crippen molar-refractivity contribution in [2.24, 2.45) is 0 Å².